The number of hydrogen-bond donors (Lipinski definition) is 1. The SMILES string of the molecule is CCNC(CC)c1ccc(N(C)C(C)C2CC2)cc1. The van der Waals surface area contributed by atoms with Gasteiger partial charge in [0.2, 0.25) is 0 Å². The fourth-order valence-corrected chi connectivity index (χ4v) is 2.82. The van der Waals surface area contributed by atoms with Gasteiger partial charge in [0.15, 0.2) is 0 Å². The molecule has 1 fully saturated rings. The summed E-state index contributed by atoms with van der Waals surface area (Å²) in [7, 11) is 2.22. The second kappa shape index (κ2) is 6.42. The lowest BCUT2D eigenvalue weighted by atomic mass is 10.0. The van der Waals surface area contributed by atoms with Crippen LogP contribution in [0.15, 0.2) is 24.3 Å². The van der Waals surface area contributed by atoms with Crippen molar-refractivity contribution in [3.05, 3.63) is 29.8 Å². The first-order valence-electron chi connectivity index (χ1n) is 7.73. The zero-order valence-electron chi connectivity index (χ0n) is 12.8. The monoisotopic (exact) mass is 260 g/mol. The topological polar surface area (TPSA) is 15.3 Å². The third-order valence-electron chi connectivity index (χ3n) is 4.48. The molecule has 2 unspecified atom stereocenters. The van der Waals surface area contributed by atoms with E-state index < -0.39 is 0 Å². The number of nitrogens with one attached hydrogen (secondary N) is 1. The highest BCUT2D eigenvalue weighted by Gasteiger charge is 2.30. The van der Waals surface area contributed by atoms with Crippen LogP contribution in [-0.4, -0.2) is 19.6 Å². The molecule has 1 aromatic rings. The van der Waals surface area contributed by atoms with Crippen molar-refractivity contribution < 1.29 is 0 Å². The predicted octanol–water partition coefficient (Wildman–Crippen LogP) is 3.98. The normalized spacial score (nSPS) is 18.1. The van der Waals surface area contributed by atoms with Crippen LogP contribution in [0, 0.1) is 5.92 Å². The molecule has 2 atom stereocenters. The van der Waals surface area contributed by atoms with Crippen molar-refractivity contribution in [2.45, 2.75) is 52.1 Å². The van der Waals surface area contributed by atoms with E-state index in [1.165, 1.54) is 24.1 Å². The zero-order chi connectivity index (χ0) is 13.8. The molecule has 106 valence electrons. The number of nitrogens with zero attached hydrogens (tertiary/aromatic N) is 1. The summed E-state index contributed by atoms with van der Waals surface area (Å²) in [5.74, 6) is 0.912. The highest BCUT2D eigenvalue weighted by atomic mass is 15.1. The Morgan fingerprint density at radius 2 is 1.84 bits per heavy atom. The lowest BCUT2D eigenvalue weighted by Crippen LogP contribution is -2.30. The lowest BCUT2D eigenvalue weighted by Gasteiger charge is -2.27. The van der Waals surface area contributed by atoms with Crippen LogP contribution >= 0.6 is 0 Å². The van der Waals surface area contributed by atoms with Crippen molar-refractivity contribution in [2.75, 3.05) is 18.5 Å². The Bertz CT molecular complexity index is 381. The molecule has 0 amide bonds. The number of benzene rings is 1. The van der Waals surface area contributed by atoms with Gasteiger partial charge in [0.1, 0.15) is 0 Å². The first-order valence-corrected chi connectivity index (χ1v) is 7.73. The maximum Gasteiger partial charge on any atom is 0.0366 e. The Balaban J connectivity index is 2.04. The molecule has 0 aromatic heterocycles. The molecular formula is C17H28N2. The minimum absolute atomic E-state index is 0.491. The first kappa shape index (κ1) is 14.4. The molecule has 0 spiro atoms. The van der Waals surface area contributed by atoms with Gasteiger partial charge in [0.05, 0.1) is 0 Å². The van der Waals surface area contributed by atoms with E-state index in [9.17, 15) is 0 Å². The summed E-state index contributed by atoms with van der Waals surface area (Å²) >= 11 is 0. The summed E-state index contributed by atoms with van der Waals surface area (Å²) < 4.78 is 0. The Morgan fingerprint density at radius 1 is 1.21 bits per heavy atom. The molecule has 0 radical (unpaired) electrons. The van der Waals surface area contributed by atoms with Crippen molar-refractivity contribution in [1.82, 2.24) is 5.32 Å². The molecule has 2 heteroatoms. The second-order valence-corrected chi connectivity index (χ2v) is 5.80. The molecule has 2 nitrogen and oxygen atoms in total. The summed E-state index contributed by atoms with van der Waals surface area (Å²) in [6.45, 7) is 7.78. The largest absolute Gasteiger partial charge is 0.372 e. The molecule has 1 aliphatic rings. The van der Waals surface area contributed by atoms with Crippen LogP contribution in [0.1, 0.15) is 51.6 Å². The highest BCUT2D eigenvalue weighted by molar-refractivity contribution is 5.48. The summed E-state index contributed by atoms with van der Waals surface area (Å²) in [4.78, 5) is 2.43. The van der Waals surface area contributed by atoms with Crippen molar-refractivity contribution >= 4 is 5.69 Å². The van der Waals surface area contributed by atoms with Crippen molar-refractivity contribution in [3.8, 4) is 0 Å². The van der Waals surface area contributed by atoms with Gasteiger partial charge in [-0.3, -0.25) is 0 Å². The Hall–Kier alpha value is -1.02. The van der Waals surface area contributed by atoms with Crippen LogP contribution < -0.4 is 10.2 Å². The van der Waals surface area contributed by atoms with E-state index in [1.54, 1.807) is 0 Å². The molecule has 1 saturated carbocycles. The van der Waals surface area contributed by atoms with E-state index in [0.29, 0.717) is 12.1 Å². The molecule has 1 N–H and O–H groups in total. The molecule has 0 saturated heterocycles. The van der Waals surface area contributed by atoms with E-state index in [0.717, 1.165) is 18.9 Å². The number of hydrogen-bond acceptors (Lipinski definition) is 2. The Kier molecular flexibility index (Phi) is 4.87. The third kappa shape index (κ3) is 3.50. The van der Waals surface area contributed by atoms with Gasteiger partial charge in [0.25, 0.3) is 0 Å². The van der Waals surface area contributed by atoms with Crippen LogP contribution in [0.2, 0.25) is 0 Å². The van der Waals surface area contributed by atoms with Crippen LogP contribution in [-0.2, 0) is 0 Å². The van der Waals surface area contributed by atoms with Gasteiger partial charge in [-0.05, 0) is 56.3 Å². The quantitative estimate of drug-likeness (QED) is 0.797. The van der Waals surface area contributed by atoms with Gasteiger partial charge in [0, 0.05) is 24.8 Å². The summed E-state index contributed by atoms with van der Waals surface area (Å²) in [6.07, 6.45) is 3.95. The fourth-order valence-electron chi connectivity index (χ4n) is 2.82. The van der Waals surface area contributed by atoms with Crippen LogP contribution in [0.3, 0.4) is 0 Å². The number of anilines is 1. The van der Waals surface area contributed by atoms with E-state index in [2.05, 4.69) is 62.3 Å². The maximum absolute atomic E-state index is 3.53. The predicted molar refractivity (Wildman–Crippen MR) is 83.7 cm³/mol. The zero-order valence-corrected chi connectivity index (χ0v) is 12.8. The highest BCUT2D eigenvalue weighted by Crippen LogP contribution is 2.36. The minimum atomic E-state index is 0.491. The van der Waals surface area contributed by atoms with Crippen molar-refractivity contribution in [3.63, 3.8) is 0 Å². The van der Waals surface area contributed by atoms with Crippen LogP contribution in [0.4, 0.5) is 5.69 Å². The minimum Gasteiger partial charge on any atom is -0.372 e. The average Bonchev–Trinajstić information content (AvgIpc) is 3.28. The van der Waals surface area contributed by atoms with Crippen LogP contribution in [0.25, 0.3) is 0 Å². The Labute approximate surface area is 118 Å². The van der Waals surface area contributed by atoms with E-state index in [-0.39, 0.29) is 0 Å². The first-order chi connectivity index (χ1) is 9.17. The molecular weight excluding hydrogens is 232 g/mol. The lowest BCUT2D eigenvalue weighted by molar-refractivity contribution is 0.537. The van der Waals surface area contributed by atoms with Gasteiger partial charge in [-0.15, -0.1) is 0 Å². The maximum atomic E-state index is 3.53. The smallest absolute Gasteiger partial charge is 0.0366 e. The summed E-state index contributed by atoms with van der Waals surface area (Å²) in [6, 6.07) is 10.3. The summed E-state index contributed by atoms with van der Waals surface area (Å²) in [5.41, 5.74) is 2.75. The van der Waals surface area contributed by atoms with Gasteiger partial charge < -0.3 is 10.2 Å². The van der Waals surface area contributed by atoms with Crippen LogP contribution in [0.5, 0.6) is 0 Å². The van der Waals surface area contributed by atoms with E-state index in [1.807, 2.05) is 0 Å². The second-order valence-electron chi connectivity index (χ2n) is 5.80. The molecule has 1 aliphatic carbocycles. The summed E-state index contributed by atoms with van der Waals surface area (Å²) in [5, 5.41) is 3.53. The molecule has 2 rings (SSSR count). The standard InChI is InChI=1S/C17H28N2/c1-5-17(18-6-2)15-9-11-16(12-10-15)19(4)13(3)14-7-8-14/h9-14,17-18H,5-8H2,1-4H3. The van der Waals surface area contributed by atoms with Gasteiger partial charge in [-0.1, -0.05) is 26.0 Å². The molecule has 0 bridgehead atoms. The fraction of sp³-hybridized carbons (Fsp3) is 0.647. The molecule has 0 aliphatic heterocycles. The molecule has 19 heavy (non-hydrogen) atoms. The van der Waals surface area contributed by atoms with Gasteiger partial charge in [-0.2, -0.15) is 0 Å². The van der Waals surface area contributed by atoms with Crippen molar-refractivity contribution in [1.29, 1.82) is 0 Å². The van der Waals surface area contributed by atoms with Gasteiger partial charge in [-0.25, -0.2) is 0 Å². The van der Waals surface area contributed by atoms with Gasteiger partial charge >= 0.3 is 0 Å². The third-order valence-corrected chi connectivity index (χ3v) is 4.48. The molecule has 0 heterocycles. The Morgan fingerprint density at radius 3 is 2.32 bits per heavy atom. The molecule has 1 aromatic carbocycles. The van der Waals surface area contributed by atoms with Crippen molar-refractivity contribution in [2.24, 2.45) is 5.92 Å². The average molecular weight is 260 g/mol. The number of rotatable bonds is 7. The van der Waals surface area contributed by atoms with E-state index in [4.69, 9.17) is 0 Å². The van der Waals surface area contributed by atoms with E-state index >= 15 is 0 Å².